The van der Waals surface area contributed by atoms with Gasteiger partial charge in [-0.1, -0.05) is 12.5 Å². The van der Waals surface area contributed by atoms with Gasteiger partial charge in [-0.2, -0.15) is 23.8 Å². The van der Waals surface area contributed by atoms with E-state index in [1.54, 1.807) is 13.0 Å². The van der Waals surface area contributed by atoms with Gasteiger partial charge in [-0.3, -0.25) is 4.79 Å². The van der Waals surface area contributed by atoms with Crippen molar-refractivity contribution >= 4 is 5.97 Å². The van der Waals surface area contributed by atoms with Crippen LogP contribution in [0.4, 0.5) is 0 Å². The molecule has 0 aromatic heterocycles. The molecule has 0 fully saturated rings. The molecule has 1 aromatic carbocycles. The van der Waals surface area contributed by atoms with Crippen molar-refractivity contribution in [1.82, 2.24) is 0 Å². The van der Waals surface area contributed by atoms with Crippen LogP contribution in [0.3, 0.4) is 0 Å². The molecule has 0 atom stereocenters. The number of carboxylic acid groups (broad SMARTS) is 1. The summed E-state index contributed by atoms with van der Waals surface area (Å²) in [6.45, 7) is 1.77. The van der Waals surface area contributed by atoms with E-state index in [1.165, 1.54) is 6.07 Å². The Kier molecular flexibility index (Phi) is 5.60. The molecule has 66 valence electrons. The van der Waals surface area contributed by atoms with E-state index in [0.29, 0.717) is 11.1 Å². The maximum atomic E-state index is 10.5. The van der Waals surface area contributed by atoms with Gasteiger partial charge in [0.25, 0.3) is 0 Å². The summed E-state index contributed by atoms with van der Waals surface area (Å²) in [5.74, 6) is -0.925. The largest absolute Gasteiger partial charge is 3.00 e. The van der Waals surface area contributed by atoms with E-state index < -0.39 is 5.97 Å². The van der Waals surface area contributed by atoms with E-state index in [0.717, 1.165) is 5.56 Å². The normalized spacial score (nSPS) is 8.57. The zero-order valence-corrected chi connectivity index (χ0v) is 10.6. The molecule has 0 saturated carbocycles. The third kappa shape index (κ3) is 3.21. The van der Waals surface area contributed by atoms with Crippen LogP contribution in [-0.2, 0) is 43.9 Å². The fourth-order valence-corrected chi connectivity index (χ4v) is 1.12. The quantitative estimate of drug-likeness (QED) is 0.818. The molecule has 0 unspecified atom stereocenters. The van der Waals surface area contributed by atoms with Crippen molar-refractivity contribution in [2.24, 2.45) is 0 Å². The third-order valence-electron chi connectivity index (χ3n) is 1.78. The molecule has 0 bridgehead atoms. The molecule has 0 radical (unpaired) electrons. The molecule has 1 aromatic rings. The van der Waals surface area contributed by atoms with Crippen LogP contribution in [0.25, 0.3) is 0 Å². The second-order valence-corrected chi connectivity index (χ2v) is 2.71. The fraction of sp³-hybridized carbons (Fsp3) is 0.200. The molecule has 1 N–H and O–H groups in total. The maximum absolute atomic E-state index is 10.5. The summed E-state index contributed by atoms with van der Waals surface area (Å²) in [5.41, 5.74) is 1.76. The van der Waals surface area contributed by atoms with Crippen LogP contribution in [-0.4, -0.2) is 11.1 Å². The van der Waals surface area contributed by atoms with Gasteiger partial charge in [0.1, 0.15) is 0 Å². The first kappa shape index (κ1) is 13.3. The first-order chi connectivity index (χ1) is 6.15. The van der Waals surface area contributed by atoms with E-state index >= 15 is 0 Å². The number of benzene rings is 1. The van der Waals surface area contributed by atoms with Crippen molar-refractivity contribution in [3.63, 3.8) is 0 Å². The second kappa shape index (κ2) is 5.90. The van der Waals surface area contributed by atoms with Crippen molar-refractivity contribution in [2.75, 3.05) is 0 Å². The van der Waals surface area contributed by atoms with E-state index in [-0.39, 0.29) is 39.1 Å². The molecule has 0 saturated heterocycles. The topological polar surface area (TPSA) is 61.1 Å². The minimum atomic E-state index is -0.925. The molecule has 0 aliphatic carbocycles. The summed E-state index contributed by atoms with van der Waals surface area (Å²) in [7, 11) is 0. The Hall–Kier alpha value is -0.716. The Bertz CT molecular complexity index is 382. The van der Waals surface area contributed by atoms with Crippen molar-refractivity contribution in [3.8, 4) is 6.07 Å². The predicted molar refractivity (Wildman–Crippen MR) is 46.1 cm³/mol. The first-order valence-corrected chi connectivity index (χ1v) is 3.76. The summed E-state index contributed by atoms with van der Waals surface area (Å²) < 4.78 is 0. The zero-order chi connectivity index (χ0) is 9.84. The Morgan fingerprint density at radius 3 is 2.79 bits per heavy atom. The summed E-state index contributed by atoms with van der Waals surface area (Å²) >= 11 is 0. The van der Waals surface area contributed by atoms with Gasteiger partial charge in [0.05, 0.1) is 0 Å². The molecule has 0 spiro atoms. The summed E-state index contributed by atoms with van der Waals surface area (Å²) in [4.78, 5) is 10.5. The van der Waals surface area contributed by atoms with Crippen molar-refractivity contribution in [1.29, 1.82) is 5.26 Å². The van der Waals surface area contributed by atoms with Crippen LogP contribution in [0.5, 0.6) is 0 Å². The smallest absolute Gasteiger partial charge is 0.481 e. The average Bonchev–Trinajstić information content (AvgIpc) is 2.08. The van der Waals surface area contributed by atoms with Crippen LogP contribution in [0.1, 0.15) is 16.7 Å². The number of nitrogens with zero attached hydrogens (tertiary/aromatic N) is 1. The molecule has 0 heterocycles. The Labute approximate surface area is 108 Å². The van der Waals surface area contributed by atoms with E-state index in [9.17, 15) is 4.79 Å². The number of rotatable bonds is 2. The molecule has 0 amide bonds. The van der Waals surface area contributed by atoms with Crippen LogP contribution < -0.4 is 0 Å². The number of hydrogen-bond donors (Lipinski definition) is 1. The number of nitriles is 1. The molecule has 3 nitrogen and oxygen atoms in total. The van der Waals surface area contributed by atoms with Gasteiger partial charge in [-0.15, -0.1) is 5.56 Å². The monoisotopic (exact) mass is 263 g/mol. The van der Waals surface area contributed by atoms with E-state index in [1.807, 2.05) is 6.07 Å². The van der Waals surface area contributed by atoms with Gasteiger partial charge in [-0.25, -0.2) is 5.26 Å². The molecule has 1 rings (SSSR count). The van der Waals surface area contributed by atoms with Gasteiger partial charge < -0.3 is 5.11 Å². The Morgan fingerprint density at radius 2 is 2.29 bits per heavy atom. The third-order valence-corrected chi connectivity index (χ3v) is 1.78. The number of aryl methyl sites for hydroxylation is 1. The van der Waals surface area contributed by atoms with Crippen LogP contribution in [0.2, 0.25) is 0 Å². The minimum absolute atomic E-state index is 0. The van der Waals surface area contributed by atoms with Crippen molar-refractivity contribution < 1.29 is 42.6 Å². The molecule has 0 aliphatic rings. The molecular formula is C10H8NO2Y+2. The van der Waals surface area contributed by atoms with E-state index in [4.69, 9.17) is 10.4 Å². The summed E-state index contributed by atoms with van der Waals surface area (Å²) in [5, 5.41) is 17.3. The van der Waals surface area contributed by atoms with Crippen LogP contribution in [0, 0.1) is 24.3 Å². The fourth-order valence-electron chi connectivity index (χ4n) is 1.12. The standard InChI is InChI=1S/C10H8NO2.Y/c1-7-3-2-4-8(6-11)9(7)5-10(12)13;/h3-4H,5H2,1H3,(H,12,13);/q-1;+3. The summed E-state index contributed by atoms with van der Waals surface area (Å²) in [6.07, 6.45) is -0.108. The van der Waals surface area contributed by atoms with Crippen LogP contribution >= 0.6 is 0 Å². The van der Waals surface area contributed by atoms with Gasteiger partial charge in [-0.05, 0) is 0 Å². The SMILES string of the molecule is Cc1c[c-]cc(C#N)c1CC(=O)O.[Y+3]. The van der Waals surface area contributed by atoms with Gasteiger partial charge >= 0.3 is 38.7 Å². The minimum Gasteiger partial charge on any atom is -0.481 e. The first-order valence-electron chi connectivity index (χ1n) is 3.76. The van der Waals surface area contributed by atoms with Gasteiger partial charge in [0, 0.05) is 12.5 Å². The van der Waals surface area contributed by atoms with Crippen molar-refractivity contribution in [3.05, 3.63) is 34.9 Å². The molecule has 14 heavy (non-hydrogen) atoms. The molecular weight excluding hydrogens is 255 g/mol. The maximum Gasteiger partial charge on any atom is 3.00 e. The van der Waals surface area contributed by atoms with Crippen LogP contribution in [0.15, 0.2) is 12.1 Å². The Balaban J connectivity index is 0.00000169. The van der Waals surface area contributed by atoms with E-state index in [2.05, 4.69) is 6.07 Å². The van der Waals surface area contributed by atoms with Gasteiger partial charge in [0.15, 0.2) is 0 Å². The zero-order valence-electron chi connectivity index (χ0n) is 7.74. The number of aliphatic carboxylic acids is 1. The molecule has 0 aliphatic heterocycles. The summed E-state index contributed by atoms with van der Waals surface area (Å²) in [6, 6.07) is 7.91. The predicted octanol–water partition coefficient (Wildman–Crippen LogP) is 1.29. The number of carbonyl (C=O) groups is 1. The second-order valence-electron chi connectivity index (χ2n) is 2.71. The van der Waals surface area contributed by atoms with Crippen molar-refractivity contribution in [2.45, 2.75) is 13.3 Å². The Morgan fingerprint density at radius 1 is 1.64 bits per heavy atom. The van der Waals surface area contributed by atoms with Gasteiger partial charge in [0.2, 0.25) is 0 Å². The number of hydrogen-bond acceptors (Lipinski definition) is 2. The number of carboxylic acids is 1. The molecule has 4 heteroatoms. The average molecular weight is 263 g/mol.